The SMILES string of the molecule is CC(C)(C)c1ccc(-c2cc(C(C)(C)C)ccc2Nc2cc(Nc3ccc(C(C)(C)C)cc3-c3ccc(C(C)(C)C)cc3)c(-c3cc4ccccc4s3)cc2-c2cc3ccccc3s2)cc1. The summed E-state index contributed by atoms with van der Waals surface area (Å²) in [5, 5.41) is 10.7. The number of thiophene rings is 2. The van der Waals surface area contributed by atoms with E-state index in [-0.39, 0.29) is 21.7 Å². The van der Waals surface area contributed by atoms with Gasteiger partial charge in [-0.15, -0.1) is 22.7 Å². The van der Waals surface area contributed by atoms with Crippen LogP contribution in [0.25, 0.3) is 63.3 Å². The van der Waals surface area contributed by atoms with E-state index < -0.39 is 0 Å². The maximum Gasteiger partial charge on any atom is 0.0493 e. The van der Waals surface area contributed by atoms with Gasteiger partial charge in [-0.25, -0.2) is 0 Å². The van der Waals surface area contributed by atoms with Crippen LogP contribution >= 0.6 is 22.7 Å². The topological polar surface area (TPSA) is 24.1 Å². The smallest absolute Gasteiger partial charge is 0.0493 e. The number of nitrogens with one attached hydrogen (secondary N) is 2. The van der Waals surface area contributed by atoms with Gasteiger partial charge < -0.3 is 10.6 Å². The number of anilines is 4. The second-order valence-electron chi connectivity index (χ2n) is 22.2. The minimum atomic E-state index is -0.0167. The summed E-state index contributed by atoms with van der Waals surface area (Å²) in [4.78, 5) is 2.45. The van der Waals surface area contributed by atoms with E-state index >= 15 is 0 Å². The molecule has 0 saturated carbocycles. The molecule has 0 aliphatic carbocycles. The van der Waals surface area contributed by atoms with Gasteiger partial charge in [0.2, 0.25) is 0 Å². The molecular weight excluding hydrogens is 837 g/mol. The lowest BCUT2D eigenvalue weighted by molar-refractivity contribution is 0.589. The zero-order chi connectivity index (χ0) is 46.8. The lowest BCUT2D eigenvalue weighted by atomic mass is 9.83. The molecule has 9 aromatic rings. The number of fused-ring (bicyclic) bond motifs is 2. The van der Waals surface area contributed by atoms with E-state index in [1.54, 1.807) is 0 Å². The molecule has 0 fully saturated rings. The van der Waals surface area contributed by atoms with E-state index in [9.17, 15) is 0 Å². The number of benzene rings is 7. The fraction of sp³-hybridized carbons (Fsp3) is 0.258. The van der Waals surface area contributed by atoms with Crippen molar-refractivity contribution in [3.8, 4) is 43.1 Å². The van der Waals surface area contributed by atoms with E-state index in [2.05, 4.69) is 251 Å². The maximum atomic E-state index is 4.10. The van der Waals surface area contributed by atoms with Gasteiger partial charge in [0.15, 0.2) is 0 Å². The quantitative estimate of drug-likeness (QED) is 0.159. The Hall–Kier alpha value is -5.94. The van der Waals surface area contributed by atoms with E-state index in [0.717, 1.165) is 22.7 Å². The van der Waals surface area contributed by atoms with Crippen molar-refractivity contribution in [3.63, 3.8) is 0 Å². The normalized spacial score (nSPS) is 12.5. The van der Waals surface area contributed by atoms with Gasteiger partial charge in [-0.3, -0.25) is 0 Å². The molecule has 2 heterocycles. The first-order valence-electron chi connectivity index (χ1n) is 23.4. The molecule has 0 atom stereocenters. The van der Waals surface area contributed by atoms with Gasteiger partial charge in [-0.1, -0.05) is 180 Å². The van der Waals surface area contributed by atoms with Crippen molar-refractivity contribution in [2.45, 2.75) is 105 Å². The van der Waals surface area contributed by atoms with Crippen LogP contribution in [0.3, 0.4) is 0 Å². The third kappa shape index (κ3) is 9.37. The summed E-state index contributed by atoms with van der Waals surface area (Å²) in [6.07, 6.45) is 0. The summed E-state index contributed by atoms with van der Waals surface area (Å²) in [5.74, 6) is 0. The first kappa shape index (κ1) is 45.2. The Balaban J connectivity index is 1.28. The molecule has 4 heteroatoms. The van der Waals surface area contributed by atoms with E-state index in [1.165, 1.54) is 85.6 Å². The van der Waals surface area contributed by atoms with Gasteiger partial charge in [0.05, 0.1) is 0 Å². The second kappa shape index (κ2) is 17.0. The third-order valence-electron chi connectivity index (χ3n) is 13.0. The third-order valence-corrected chi connectivity index (χ3v) is 15.3. The average molecular weight is 901 g/mol. The van der Waals surface area contributed by atoms with Crippen LogP contribution in [0, 0.1) is 0 Å². The fourth-order valence-electron chi connectivity index (χ4n) is 8.75. The van der Waals surface area contributed by atoms with Crippen molar-refractivity contribution < 1.29 is 0 Å². The highest BCUT2D eigenvalue weighted by atomic mass is 32.1. The molecule has 0 bridgehead atoms. The molecule has 2 aromatic heterocycles. The Kier molecular flexibility index (Phi) is 11.7. The summed E-state index contributed by atoms with van der Waals surface area (Å²) in [6.45, 7) is 27.5. The molecule has 9 rings (SSSR count). The molecule has 0 spiro atoms. The molecule has 0 unspecified atom stereocenters. The van der Waals surface area contributed by atoms with Crippen LogP contribution in [0.2, 0.25) is 0 Å². The van der Waals surface area contributed by atoms with Crippen molar-refractivity contribution in [1.29, 1.82) is 0 Å². The highest BCUT2D eigenvalue weighted by molar-refractivity contribution is 7.22. The predicted molar refractivity (Wildman–Crippen MR) is 293 cm³/mol. The summed E-state index contributed by atoms with van der Waals surface area (Å²) in [5.41, 5.74) is 16.7. The van der Waals surface area contributed by atoms with E-state index in [1.807, 2.05) is 22.7 Å². The highest BCUT2D eigenvalue weighted by Crippen LogP contribution is 2.48. The number of rotatable bonds is 8. The monoisotopic (exact) mass is 900 g/mol. The zero-order valence-electron chi connectivity index (χ0n) is 40.8. The van der Waals surface area contributed by atoms with Crippen LogP contribution in [-0.4, -0.2) is 0 Å². The van der Waals surface area contributed by atoms with Crippen LogP contribution in [0.4, 0.5) is 22.7 Å². The highest BCUT2D eigenvalue weighted by Gasteiger charge is 2.24. The molecule has 2 N–H and O–H groups in total. The average Bonchev–Trinajstić information content (AvgIpc) is 3.91. The molecule has 0 aliphatic rings. The summed E-state index contributed by atoms with van der Waals surface area (Å²) < 4.78 is 2.55. The van der Waals surface area contributed by atoms with Crippen LogP contribution < -0.4 is 10.6 Å². The Morgan fingerprint density at radius 3 is 1.00 bits per heavy atom. The molecule has 0 saturated heterocycles. The Labute approximate surface area is 401 Å². The molecule has 66 heavy (non-hydrogen) atoms. The van der Waals surface area contributed by atoms with Gasteiger partial charge in [0.1, 0.15) is 0 Å². The van der Waals surface area contributed by atoms with Gasteiger partial charge in [0, 0.05) is 64.2 Å². The Bertz CT molecular complexity index is 2920. The fourth-order valence-corrected chi connectivity index (χ4v) is 10.9. The van der Waals surface area contributed by atoms with Crippen LogP contribution in [0.15, 0.2) is 158 Å². The lowest BCUT2D eigenvalue weighted by Crippen LogP contribution is -2.12. The van der Waals surface area contributed by atoms with Crippen molar-refractivity contribution in [1.82, 2.24) is 0 Å². The molecule has 0 radical (unpaired) electrons. The zero-order valence-corrected chi connectivity index (χ0v) is 42.5. The molecule has 7 aromatic carbocycles. The molecule has 0 amide bonds. The van der Waals surface area contributed by atoms with Gasteiger partial charge >= 0.3 is 0 Å². The predicted octanol–water partition coefficient (Wildman–Crippen LogP) is 19.5. The van der Waals surface area contributed by atoms with Gasteiger partial charge in [-0.2, -0.15) is 0 Å². The van der Waals surface area contributed by atoms with E-state index in [4.69, 9.17) is 0 Å². The van der Waals surface area contributed by atoms with Crippen LogP contribution in [0.1, 0.15) is 105 Å². The minimum Gasteiger partial charge on any atom is -0.354 e. The Morgan fingerprint density at radius 2 is 0.652 bits per heavy atom. The lowest BCUT2D eigenvalue weighted by Gasteiger charge is -2.25. The number of hydrogen-bond donors (Lipinski definition) is 2. The standard InChI is InChI=1S/C62H64N2S2/c1-59(2,3)43-25-21-39(22-26-43)47-35-45(61(7,8)9)29-31-51(47)63-53-38-54(64-52-32-30-46(62(10,11)12)36-48(52)40-23-27-44(28-24-40)60(4,5)6)50(58-34-42-18-14-16-20-56(42)66-58)37-49(53)57-33-41-17-13-15-19-55(41)65-57/h13-38,63-64H,1-12H3. The van der Waals surface area contributed by atoms with E-state index in [0.29, 0.717) is 0 Å². The van der Waals surface area contributed by atoms with Crippen molar-refractivity contribution in [2.24, 2.45) is 0 Å². The molecule has 334 valence electrons. The number of hydrogen-bond acceptors (Lipinski definition) is 4. The van der Waals surface area contributed by atoms with Gasteiger partial charge in [0.25, 0.3) is 0 Å². The first-order valence-corrected chi connectivity index (χ1v) is 25.0. The molecular formula is C62H64N2S2. The largest absolute Gasteiger partial charge is 0.354 e. The summed E-state index contributed by atoms with van der Waals surface area (Å²) in [7, 11) is 0. The minimum absolute atomic E-state index is 0.0167. The van der Waals surface area contributed by atoms with Crippen molar-refractivity contribution in [2.75, 3.05) is 10.6 Å². The summed E-state index contributed by atoms with van der Waals surface area (Å²) >= 11 is 3.71. The van der Waals surface area contributed by atoms with Crippen molar-refractivity contribution >= 4 is 65.6 Å². The molecule has 0 aliphatic heterocycles. The first-order chi connectivity index (χ1) is 31.2. The van der Waals surface area contributed by atoms with Crippen LogP contribution in [-0.2, 0) is 21.7 Å². The summed E-state index contributed by atoms with van der Waals surface area (Å²) in [6, 6.07) is 59.4. The maximum absolute atomic E-state index is 4.10. The van der Waals surface area contributed by atoms with Gasteiger partial charge in [-0.05, 0) is 126 Å². The molecule has 2 nitrogen and oxygen atoms in total. The van der Waals surface area contributed by atoms with Crippen molar-refractivity contribution in [3.05, 3.63) is 180 Å². The van der Waals surface area contributed by atoms with Crippen LogP contribution in [0.5, 0.6) is 0 Å². The second-order valence-corrected chi connectivity index (χ2v) is 24.3. The Morgan fingerprint density at radius 1 is 0.303 bits per heavy atom.